The molecule has 0 fully saturated rings. The van der Waals surface area contributed by atoms with E-state index in [4.69, 9.17) is 14.2 Å². The van der Waals surface area contributed by atoms with E-state index in [2.05, 4.69) is 124 Å². The Kier molecular flexibility index (Phi) is 53.0. The molecule has 66 heavy (non-hydrogen) atoms. The van der Waals surface area contributed by atoms with Gasteiger partial charge in [0.1, 0.15) is 6.61 Å². The van der Waals surface area contributed by atoms with E-state index in [0.717, 1.165) is 96.3 Å². The van der Waals surface area contributed by atoms with Crippen LogP contribution in [0.25, 0.3) is 0 Å². The smallest absolute Gasteiger partial charge is 0.306 e. The highest BCUT2D eigenvalue weighted by Gasteiger charge is 2.17. The highest BCUT2D eigenvalue weighted by Crippen LogP contribution is 2.14. The van der Waals surface area contributed by atoms with Gasteiger partial charge in [0.05, 0.1) is 6.61 Å². The van der Waals surface area contributed by atoms with Crippen LogP contribution in [0.15, 0.2) is 109 Å². The molecule has 0 bridgehead atoms. The lowest BCUT2D eigenvalue weighted by molar-refractivity contribution is -0.162. The monoisotopic (exact) mass is 915 g/mol. The molecule has 1 unspecified atom stereocenters. The second-order valence-electron chi connectivity index (χ2n) is 17.7. The van der Waals surface area contributed by atoms with Gasteiger partial charge in [-0.25, -0.2) is 0 Å². The van der Waals surface area contributed by atoms with Crippen molar-refractivity contribution in [2.75, 3.05) is 19.8 Å². The van der Waals surface area contributed by atoms with Gasteiger partial charge >= 0.3 is 11.9 Å². The van der Waals surface area contributed by atoms with Gasteiger partial charge in [-0.2, -0.15) is 0 Å². The van der Waals surface area contributed by atoms with Crippen molar-refractivity contribution in [2.24, 2.45) is 0 Å². The molecule has 0 aromatic carbocycles. The molecule has 1 atom stereocenters. The van der Waals surface area contributed by atoms with Gasteiger partial charge < -0.3 is 14.2 Å². The molecule has 5 nitrogen and oxygen atoms in total. The van der Waals surface area contributed by atoms with Crippen molar-refractivity contribution in [3.63, 3.8) is 0 Å². The molecule has 0 aliphatic rings. The largest absolute Gasteiger partial charge is 0.462 e. The standard InChI is InChI=1S/C61H102O5/c1-4-7-10-13-16-19-22-25-28-30-31-33-34-36-39-42-45-48-51-54-60(62)65-58-59(57-64-56-53-50-47-44-41-38-27-24-21-18-15-12-9-6-3)66-61(63)55-52-49-46-43-40-37-35-32-29-26-23-20-17-14-11-8-5-2/h7-8,10-11,16-17,19-20,25-26,28-29,31,33,36,39,45,48,59H,4-6,9,12-15,18,21-24,27,30,32,34-35,37-38,40-44,46-47,49-58H2,1-3H3/b10-7-,11-8-,19-16-,20-17-,28-25-,29-26-,33-31-,39-36-,48-45-. The Labute approximate surface area is 408 Å². The van der Waals surface area contributed by atoms with Crippen LogP contribution in [0.3, 0.4) is 0 Å². The molecule has 5 heteroatoms. The molecule has 0 rings (SSSR count). The van der Waals surface area contributed by atoms with E-state index in [-0.39, 0.29) is 25.2 Å². The molecule has 0 aliphatic heterocycles. The predicted octanol–water partition coefficient (Wildman–Crippen LogP) is 18.8. The third-order valence-corrected chi connectivity index (χ3v) is 11.3. The highest BCUT2D eigenvalue weighted by molar-refractivity contribution is 5.70. The number of allylic oxidation sites excluding steroid dienone is 18. The van der Waals surface area contributed by atoms with E-state index in [0.29, 0.717) is 25.9 Å². The zero-order chi connectivity index (χ0) is 47.7. The van der Waals surface area contributed by atoms with E-state index >= 15 is 0 Å². The summed E-state index contributed by atoms with van der Waals surface area (Å²) in [5.74, 6) is -0.505. The average Bonchev–Trinajstić information content (AvgIpc) is 3.32. The quantitative estimate of drug-likeness (QED) is 0.0346. The molecule has 0 saturated heterocycles. The number of carbonyl (C=O) groups is 2. The fraction of sp³-hybridized carbons (Fsp3) is 0.672. The van der Waals surface area contributed by atoms with Gasteiger partial charge in [-0.15, -0.1) is 0 Å². The Morgan fingerprint density at radius 2 is 0.712 bits per heavy atom. The topological polar surface area (TPSA) is 61.8 Å². The number of esters is 2. The molecular weight excluding hydrogens is 813 g/mol. The normalized spacial score (nSPS) is 13.1. The SMILES string of the molecule is CC/C=C\C/C=C\C/C=C\C/C=C\C/C=C\C/C=C\CCC(=O)OCC(COCCCCCCCCCCCCCCCC)OC(=O)CCCCCCCCC/C=C\C/C=C\C/C=C\CC. The maximum atomic E-state index is 12.8. The zero-order valence-corrected chi connectivity index (χ0v) is 43.2. The lowest BCUT2D eigenvalue weighted by atomic mass is 10.0. The van der Waals surface area contributed by atoms with Gasteiger partial charge in [-0.1, -0.05) is 246 Å². The lowest BCUT2D eigenvalue weighted by Crippen LogP contribution is -2.30. The third-order valence-electron chi connectivity index (χ3n) is 11.3. The van der Waals surface area contributed by atoms with E-state index < -0.39 is 6.10 Å². The summed E-state index contributed by atoms with van der Waals surface area (Å²) in [5, 5.41) is 0. The summed E-state index contributed by atoms with van der Waals surface area (Å²) in [7, 11) is 0. The summed E-state index contributed by atoms with van der Waals surface area (Å²) >= 11 is 0. The Hall–Kier alpha value is -3.44. The second-order valence-corrected chi connectivity index (χ2v) is 17.7. The number of ether oxygens (including phenoxy) is 3. The van der Waals surface area contributed by atoms with E-state index in [1.54, 1.807) is 0 Å². The minimum absolute atomic E-state index is 0.0373. The molecule has 376 valence electrons. The van der Waals surface area contributed by atoms with Crippen molar-refractivity contribution >= 4 is 11.9 Å². The van der Waals surface area contributed by atoms with Gasteiger partial charge in [0.2, 0.25) is 0 Å². The van der Waals surface area contributed by atoms with Crippen LogP contribution in [0, 0.1) is 0 Å². The molecule has 0 aromatic rings. The second kappa shape index (κ2) is 55.9. The van der Waals surface area contributed by atoms with Crippen LogP contribution in [-0.2, 0) is 23.8 Å². The number of carbonyl (C=O) groups excluding carboxylic acids is 2. The van der Waals surface area contributed by atoms with E-state index in [1.165, 1.54) is 103 Å². The summed E-state index contributed by atoms with van der Waals surface area (Å²) in [4.78, 5) is 25.4. The van der Waals surface area contributed by atoms with Crippen LogP contribution in [0.5, 0.6) is 0 Å². The molecular formula is C61H102O5. The van der Waals surface area contributed by atoms with Crippen LogP contribution in [-0.4, -0.2) is 37.9 Å². The Balaban J connectivity index is 4.41. The maximum Gasteiger partial charge on any atom is 0.306 e. The molecule has 0 amide bonds. The van der Waals surface area contributed by atoms with Crippen LogP contribution < -0.4 is 0 Å². The minimum atomic E-state index is -0.577. The third kappa shape index (κ3) is 53.2. The van der Waals surface area contributed by atoms with Gasteiger partial charge in [0.15, 0.2) is 6.10 Å². The summed E-state index contributed by atoms with van der Waals surface area (Å²) in [6.45, 7) is 7.53. The Bertz CT molecular complexity index is 1310. The van der Waals surface area contributed by atoms with Gasteiger partial charge in [0, 0.05) is 19.4 Å². The number of hydrogen-bond donors (Lipinski definition) is 0. The molecule has 0 saturated carbocycles. The van der Waals surface area contributed by atoms with Crippen LogP contribution in [0.2, 0.25) is 0 Å². The first-order chi connectivity index (χ1) is 32.6. The summed E-state index contributed by atoms with van der Waals surface area (Å²) in [6.07, 6.45) is 76.8. The molecule has 0 spiro atoms. The maximum absolute atomic E-state index is 12.8. The fourth-order valence-corrected chi connectivity index (χ4v) is 7.32. The average molecular weight is 915 g/mol. The molecule has 0 aliphatic carbocycles. The number of hydrogen-bond acceptors (Lipinski definition) is 5. The number of rotatable bonds is 49. The van der Waals surface area contributed by atoms with Crippen molar-refractivity contribution in [3.8, 4) is 0 Å². The molecule has 0 radical (unpaired) electrons. The number of unbranched alkanes of at least 4 members (excludes halogenated alkanes) is 20. The molecule has 0 N–H and O–H groups in total. The van der Waals surface area contributed by atoms with Crippen molar-refractivity contribution in [1.82, 2.24) is 0 Å². The predicted molar refractivity (Wildman–Crippen MR) is 288 cm³/mol. The van der Waals surface area contributed by atoms with Crippen molar-refractivity contribution < 1.29 is 23.8 Å². The Morgan fingerprint density at radius 3 is 1.15 bits per heavy atom. The summed E-state index contributed by atoms with van der Waals surface area (Å²) < 4.78 is 17.4. The fourth-order valence-electron chi connectivity index (χ4n) is 7.32. The Morgan fingerprint density at radius 1 is 0.348 bits per heavy atom. The molecule has 0 heterocycles. The van der Waals surface area contributed by atoms with Crippen molar-refractivity contribution in [1.29, 1.82) is 0 Å². The first-order valence-electron chi connectivity index (χ1n) is 27.4. The van der Waals surface area contributed by atoms with Crippen LogP contribution in [0.4, 0.5) is 0 Å². The van der Waals surface area contributed by atoms with Gasteiger partial charge in [-0.05, 0) is 89.9 Å². The summed E-state index contributed by atoms with van der Waals surface area (Å²) in [5.41, 5.74) is 0. The van der Waals surface area contributed by atoms with Crippen molar-refractivity contribution in [2.45, 2.75) is 245 Å². The van der Waals surface area contributed by atoms with E-state index in [1.807, 2.05) is 6.08 Å². The highest BCUT2D eigenvalue weighted by atomic mass is 16.6. The van der Waals surface area contributed by atoms with Gasteiger partial charge in [0.25, 0.3) is 0 Å². The minimum Gasteiger partial charge on any atom is -0.462 e. The van der Waals surface area contributed by atoms with Crippen molar-refractivity contribution in [3.05, 3.63) is 109 Å². The molecule has 0 aromatic heterocycles. The summed E-state index contributed by atoms with van der Waals surface area (Å²) in [6, 6.07) is 0. The van der Waals surface area contributed by atoms with E-state index in [9.17, 15) is 9.59 Å². The van der Waals surface area contributed by atoms with Crippen LogP contribution >= 0.6 is 0 Å². The first kappa shape index (κ1) is 62.6. The lowest BCUT2D eigenvalue weighted by Gasteiger charge is -2.18. The van der Waals surface area contributed by atoms with Crippen LogP contribution in [0.1, 0.15) is 239 Å². The zero-order valence-electron chi connectivity index (χ0n) is 43.2. The first-order valence-corrected chi connectivity index (χ1v) is 27.4. The van der Waals surface area contributed by atoms with Gasteiger partial charge in [-0.3, -0.25) is 9.59 Å².